The standard InChI is InChI=1S/C10H10N4S/c1-2-8-15-10-11-12-13-14(10)9-6-4-3-5-7-9/h2-7H,1,8H2. The van der Waals surface area contributed by atoms with Crippen LogP contribution >= 0.6 is 11.8 Å². The van der Waals surface area contributed by atoms with E-state index in [0.717, 1.165) is 16.6 Å². The first kappa shape index (κ1) is 9.92. The van der Waals surface area contributed by atoms with Crippen LogP contribution in [-0.2, 0) is 0 Å². The molecule has 0 aliphatic heterocycles. The topological polar surface area (TPSA) is 43.6 Å². The van der Waals surface area contributed by atoms with Gasteiger partial charge in [0.25, 0.3) is 0 Å². The lowest BCUT2D eigenvalue weighted by Crippen LogP contribution is -1.98. The fourth-order valence-electron chi connectivity index (χ4n) is 1.13. The van der Waals surface area contributed by atoms with Crippen molar-refractivity contribution in [1.29, 1.82) is 0 Å². The summed E-state index contributed by atoms with van der Waals surface area (Å²) in [4.78, 5) is 0. The van der Waals surface area contributed by atoms with E-state index in [0.29, 0.717) is 0 Å². The molecule has 0 fully saturated rings. The van der Waals surface area contributed by atoms with Crippen LogP contribution in [0.3, 0.4) is 0 Å². The Balaban J connectivity index is 2.29. The molecule has 0 N–H and O–H groups in total. The maximum Gasteiger partial charge on any atom is 0.214 e. The van der Waals surface area contributed by atoms with Crippen molar-refractivity contribution >= 4 is 11.8 Å². The molecule has 76 valence electrons. The van der Waals surface area contributed by atoms with Crippen LogP contribution in [-0.4, -0.2) is 26.0 Å². The molecule has 0 aliphatic carbocycles. The minimum absolute atomic E-state index is 0.779. The normalized spacial score (nSPS) is 10.1. The largest absolute Gasteiger partial charge is 0.214 e. The van der Waals surface area contributed by atoms with Crippen LogP contribution < -0.4 is 0 Å². The summed E-state index contributed by atoms with van der Waals surface area (Å²) in [5.74, 6) is 0.799. The summed E-state index contributed by atoms with van der Waals surface area (Å²) in [5, 5.41) is 12.3. The van der Waals surface area contributed by atoms with Crippen LogP contribution in [0.4, 0.5) is 0 Å². The summed E-state index contributed by atoms with van der Waals surface area (Å²) < 4.78 is 1.72. The van der Waals surface area contributed by atoms with Crippen molar-refractivity contribution < 1.29 is 0 Å². The molecule has 0 radical (unpaired) electrons. The smallest absolute Gasteiger partial charge is 0.188 e. The molecular formula is C10H10N4S. The second-order valence-corrected chi connectivity index (χ2v) is 3.80. The summed E-state index contributed by atoms with van der Waals surface area (Å²) in [7, 11) is 0. The monoisotopic (exact) mass is 218 g/mol. The number of tetrazole rings is 1. The quantitative estimate of drug-likeness (QED) is 0.581. The predicted molar refractivity (Wildman–Crippen MR) is 60.1 cm³/mol. The molecule has 2 rings (SSSR count). The van der Waals surface area contributed by atoms with Crippen molar-refractivity contribution in [3.8, 4) is 5.69 Å². The minimum atomic E-state index is 0.779. The molecular weight excluding hydrogens is 208 g/mol. The molecule has 1 heterocycles. The molecule has 2 aromatic rings. The number of hydrogen-bond acceptors (Lipinski definition) is 4. The van der Waals surface area contributed by atoms with Gasteiger partial charge < -0.3 is 0 Å². The first-order chi connectivity index (χ1) is 7.42. The molecule has 15 heavy (non-hydrogen) atoms. The van der Waals surface area contributed by atoms with Crippen LogP contribution in [0.25, 0.3) is 5.69 Å². The Labute approximate surface area is 92.0 Å². The Hall–Kier alpha value is -1.62. The molecule has 1 aromatic heterocycles. The highest BCUT2D eigenvalue weighted by Gasteiger charge is 2.06. The van der Waals surface area contributed by atoms with Gasteiger partial charge in [-0.15, -0.1) is 11.7 Å². The van der Waals surface area contributed by atoms with Gasteiger partial charge in [-0.3, -0.25) is 0 Å². The molecule has 0 aliphatic rings. The number of para-hydroxylation sites is 1. The van der Waals surface area contributed by atoms with Gasteiger partial charge in [-0.1, -0.05) is 36.0 Å². The summed E-state index contributed by atoms with van der Waals surface area (Å²) >= 11 is 1.56. The fourth-order valence-corrected chi connectivity index (χ4v) is 1.76. The third-order valence-electron chi connectivity index (χ3n) is 1.77. The van der Waals surface area contributed by atoms with E-state index in [1.165, 1.54) is 0 Å². The zero-order chi connectivity index (χ0) is 10.5. The Morgan fingerprint density at radius 2 is 2.13 bits per heavy atom. The van der Waals surface area contributed by atoms with Crippen LogP contribution in [0, 0.1) is 0 Å². The van der Waals surface area contributed by atoms with Crippen molar-refractivity contribution in [3.05, 3.63) is 43.0 Å². The molecule has 0 bridgehead atoms. The zero-order valence-electron chi connectivity index (χ0n) is 8.08. The lowest BCUT2D eigenvalue weighted by Gasteiger charge is -2.01. The van der Waals surface area contributed by atoms with Crippen molar-refractivity contribution in [3.63, 3.8) is 0 Å². The van der Waals surface area contributed by atoms with Crippen molar-refractivity contribution in [1.82, 2.24) is 20.2 Å². The Morgan fingerprint density at radius 1 is 1.33 bits per heavy atom. The highest BCUT2D eigenvalue weighted by atomic mass is 32.2. The highest BCUT2D eigenvalue weighted by molar-refractivity contribution is 7.99. The third-order valence-corrected chi connectivity index (χ3v) is 2.69. The Bertz CT molecular complexity index is 438. The molecule has 0 saturated carbocycles. The second kappa shape index (κ2) is 4.75. The van der Waals surface area contributed by atoms with Gasteiger partial charge in [-0.25, -0.2) is 0 Å². The summed E-state index contributed by atoms with van der Waals surface area (Å²) in [6.45, 7) is 3.66. The van der Waals surface area contributed by atoms with Crippen LogP contribution in [0.2, 0.25) is 0 Å². The van der Waals surface area contributed by atoms with Gasteiger partial charge in [0.15, 0.2) is 0 Å². The van der Waals surface area contributed by atoms with E-state index in [1.807, 2.05) is 36.4 Å². The predicted octanol–water partition coefficient (Wildman–Crippen LogP) is 1.94. The van der Waals surface area contributed by atoms with Gasteiger partial charge in [0.05, 0.1) is 5.69 Å². The summed E-state index contributed by atoms with van der Waals surface area (Å²) in [6, 6.07) is 9.81. The van der Waals surface area contributed by atoms with Crippen molar-refractivity contribution in [2.45, 2.75) is 5.16 Å². The van der Waals surface area contributed by atoms with E-state index in [2.05, 4.69) is 22.1 Å². The molecule has 0 unspecified atom stereocenters. The van der Waals surface area contributed by atoms with E-state index in [-0.39, 0.29) is 0 Å². The third kappa shape index (κ3) is 2.24. The average Bonchev–Trinajstić information content (AvgIpc) is 2.75. The Morgan fingerprint density at radius 3 is 2.87 bits per heavy atom. The SMILES string of the molecule is C=CCSc1nnnn1-c1ccccc1. The molecule has 0 atom stereocenters. The average molecular weight is 218 g/mol. The first-order valence-electron chi connectivity index (χ1n) is 4.49. The molecule has 0 spiro atoms. The number of hydrogen-bond donors (Lipinski definition) is 0. The van der Waals surface area contributed by atoms with Crippen LogP contribution in [0.1, 0.15) is 0 Å². The maximum absolute atomic E-state index is 3.95. The highest BCUT2D eigenvalue weighted by Crippen LogP contribution is 2.17. The van der Waals surface area contributed by atoms with Crippen LogP contribution in [0.5, 0.6) is 0 Å². The molecule has 5 heteroatoms. The number of thioether (sulfide) groups is 1. The Kier molecular flexibility index (Phi) is 3.14. The first-order valence-corrected chi connectivity index (χ1v) is 5.48. The van der Waals surface area contributed by atoms with Gasteiger partial charge in [-0.2, -0.15) is 4.68 Å². The lowest BCUT2D eigenvalue weighted by molar-refractivity contribution is 0.757. The van der Waals surface area contributed by atoms with E-state index in [9.17, 15) is 0 Å². The van der Waals surface area contributed by atoms with E-state index < -0.39 is 0 Å². The summed E-state index contributed by atoms with van der Waals surface area (Å²) in [6.07, 6.45) is 1.83. The number of nitrogens with zero attached hydrogens (tertiary/aromatic N) is 4. The van der Waals surface area contributed by atoms with Gasteiger partial charge in [0, 0.05) is 5.75 Å². The fraction of sp³-hybridized carbons (Fsp3) is 0.100. The number of benzene rings is 1. The molecule has 4 nitrogen and oxygen atoms in total. The van der Waals surface area contributed by atoms with E-state index >= 15 is 0 Å². The molecule has 0 saturated heterocycles. The van der Waals surface area contributed by atoms with Gasteiger partial charge in [0.2, 0.25) is 5.16 Å². The van der Waals surface area contributed by atoms with E-state index in [1.54, 1.807) is 16.4 Å². The van der Waals surface area contributed by atoms with Crippen LogP contribution in [0.15, 0.2) is 48.1 Å². The summed E-state index contributed by atoms with van der Waals surface area (Å²) in [5.41, 5.74) is 0.967. The number of aromatic nitrogens is 4. The van der Waals surface area contributed by atoms with Gasteiger partial charge in [0.1, 0.15) is 0 Å². The van der Waals surface area contributed by atoms with Gasteiger partial charge >= 0.3 is 0 Å². The van der Waals surface area contributed by atoms with Crippen molar-refractivity contribution in [2.75, 3.05) is 5.75 Å². The van der Waals surface area contributed by atoms with Gasteiger partial charge in [-0.05, 0) is 22.6 Å². The van der Waals surface area contributed by atoms with E-state index in [4.69, 9.17) is 0 Å². The maximum atomic E-state index is 3.95. The molecule has 1 aromatic carbocycles. The lowest BCUT2D eigenvalue weighted by atomic mass is 10.3. The minimum Gasteiger partial charge on any atom is -0.188 e. The van der Waals surface area contributed by atoms with Crippen molar-refractivity contribution in [2.24, 2.45) is 0 Å². The zero-order valence-corrected chi connectivity index (χ0v) is 8.89. The molecule has 0 amide bonds. The number of rotatable bonds is 4. The second-order valence-electron chi connectivity index (χ2n) is 2.81.